The van der Waals surface area contributed by atoms with E-state index in [1.165, 1.54) is 6.33 Å². The first-order chi connectivity index (χ1) is 6.81. The van der Waals surface area contributed by atoms with Crippen molar-refractivity contribution in [2.75, 3.05) is 32.5 Å². The Morgan fingerprint density at radius 3 is 3.07 bits per heavy atom. The highest BCUT2D eigenvalue weighted by molar-refractivity contribution is 5.40. The first-order valence-corrected chi connectivity index (χ1v) is 4.85. The summed E-state index contributed by atoms with van der Waals surface area (Å²) in [5, 5.41) is 11.1. The number of aromatic nitrogens is 3. The van der Waals surface area contributed by atoms with Crippen molar-refractivity contribution in [2.45, 2.75) is 12.3 Å². The van der Waals surface area contributed by atoms with Crippen LogP contribution in [-0.2, 0) is 0 Å². The zero-order valence-electron chi connectivity index (χ0n) is 8.56. The SMILES string of the molecule is CNc1ncnnc1C1CCN(C)C1. The van der Waals surface area contributed by atoms with Crippen LogP contribution in [0.25, 0.3) is 0 Å². The molecule has 0 amide bonds. The quantitative estimate of drug-likeness (QED) is 0.733. The van der Waals surface area contributed by atoms with Crippen molar-refractivity contribution in [3.63, 3.8) is 0 Å². The van der Waals surface area contributed by atoms with Crippen molar-refractivity contribution < 1.29 is 0 Å². The van der Waals surface area contributed by atoms with Gasteiger partial charge in [-0.25, -0.2) is 4.98 Å². The topological polar surface area (TPSA) is 53.9 Å². The molecule has 76 valence electrons. The Morgan fingerprint density at radius 1 is 1.57 bits per heavy atom. The molecular weight excluding hydrogens is 178 g/mol. The second-order valence-electron chi connectivity index (χ2n) is 3.69. The Balaban J connectivity index is 2.22. The van der Waals surface area contributed by atoms with Gasteiger partial charge >= 0.3 is 0 Å². The lowest BCUT2D eigenvalue weighted by Crippen LogP contribution is -2.15. The molecule has 0 radical (unpaired) electrons. The van der Waals surface area contributed by atoms with Gasteiger partial charge in [-0.3, -0.25) is 0 Å². The average Bonchev–Trinajstić information content (AvgIpc) is 2.65. The van der Waals surface area contributed by atoms with Crippen LogP contribution in [0.4, 0.5) is 5.82 Å². The van der Waals surface area contributed by atoms with Gasteiger partial charge in [-0.15, -0.1) is 10.2 Å². The van der Waals surface area contributed by atoms with Crippen molar-refractivity contribution in [3.05, 3.63) is 12.0 Å². The molecule has 1 aromatic rings. The number of nitrogens with zero attached hydrogens (tertiary/aromatic N) is 4. The standard InChI is InChI=1S/C9H15N5/c1-10-9-8(13-12-6-11-9)7-3-4-14(2)5-7/h6-7H,3-5H2,1-2H3,(H,10,11,12). The van der Waals surface area contributed by atoms with Crippen molar-refractivity contribution in [3.8, 4) is 0 Å². The van der Waals surface area contributed by atoms with E-state index in [1.807, 2.05) is 7.05 Å². The highest BCUT2D eigenvalue weighted by Gasteiger charge is 2.25. The largest absolute Gasteiger partial charge is 0.372 e. The van der Waals surface area contributed by atoms with Gasteiger partial charge in [-0.1, -0.05) is 0 Å². The van der Waals surface area contributed by atoms with Crippen LogP contribution in [0.15, 0.2) is 6.33 Å². The molecular formula is C9H15N5. The Kier molecular flexibility index (Phi) is 2.58. The third-order valence-electron chi connectivity index (χ3n) is 2.66. The molecule has 0 aliphatic carbocycles. The normalized spacial score (nSPS) is 22.6. The molecule has 1 atom stereocenters. The molecule has 0 spiro atoms. The van der Waals surface area contributed by atoms with E-state index < -0.39 is 0 Å². The van der Waals surface area contributed by atoms with Crippen molar-refractivity contribution in [2.24, 2.45) is 0 Å². The first-order valence-electron chi connectivity index (χ1n) is 4.85. The van der Waals surface area contributed by atoms with Gasteiger partial charge in [-0.2, -0.15) is 0 Å². The second kappa shape index (κ2) is 3.88. The van der Waals surface area contributed by atoms with Crippen molar-refractivity contribution in [1.29, 1.82) is 0 Å². The molecule has 5 nitrogen and oxygen atoms in total. The molecule has 1 unspecified atom stereocenters. The third kappa shape index (κ3) is 1.68. The fourth-order valence-electron chi connectivity index (χ4n) is 1.91. The minimum Gasteiger partial charge on any atom is -0.372 e. The highest BCUT2D eigenvalue weighted by atomic mass is 15.2. The Labute approximate surface area is 83.6 Å². The van der Waals surface area contributed by atoms with Gasteiger partial charge in [0.1, 0.15) is 12.0 Å². The summed E-state index contributed by atoms with van der Waals surface area (Å²) < 4.78 is 0. The van der Waals surface area contributed by atoms with Crippen LogP contribution in [0.2, 0.25) is 0 Å². The van der Waals surface area contributed by atoms with E-state index in [4.69, 9.17) is 0 Å². The molecule has 1 aliphatic rings. The predicted octanol–water partition coefficient (Wildman–Crippen LogP) is 0.332. The molecule has 1 aliphatic heterocycles. The van der Waals surface area contributed by atoms with Crippen LogP contribution in [0.5, 0.6) is 0 Å². The van der Waals surface area contributed by atoms with E-state index in [2.05, 4.69) is 32.4 Å². The van der Waals surface area contributed by atoms with Gasteiger partial charge in [0.05, 0.1) is 0 Å². The van der Waals surface area contributed by atoms with E-state index in [1.54, 1.807) is 0 Å². The second-order valence-corrected chi connectivity index (χ2v) is 3.69. The number of rotatable bonds is 2. The van der Waals surface area contributed by atoms with Gasteiger partial charge < -0.3 is 10.2 Å². The van der Waals surface area contributed by atoms with Gasteiger partial charge in [0.2, 0.25) is 0 Å². The Hall–Kier alpha value is -1.23. The van der Waals surface area contributed by atoms with E-state index >= 15 is 0 Å². The Bertz CT molecular complexity index is 314. The summed E-state index contributed by atoms with van der Waals surface area (Å²) in [4.78, 5) is 6.47. The van der Waals surface area contributed by atoms with E-state index in [0.717, 1.165) is 31.0 Å². The molecule has 1 fully saturated rings. The summed E-state index contributed by atoms with van der Waals surface area (Å²) in [6, 6.07) is 0. The van der Waals surface area contributed by atoms with Crippen LogP contribution in [0, 0.1) is 0 Å². The van der Waals surface area contributed by atoms with Crippen LogP contribution in [0.1, 0.15) is 18.0 Å². The number of hydrogen-bond acceptors (Lipinski definition) is 5. The average molecular weight is 193 g/mol. The molecule has 2 heterocycles. The number of anilines is 1. The predicted molar refractivity (Wildman–Crippen MR) is 54.2 cm³/mol. The zero-order chi connectivity index (χ0) is 9.97. The lowest BCUT2D eigenvalue weighted by molar-refractivity contribution is 0.410. The Morgan fingerprint density at radius 2 is 2.43 bits per heavy atom. The molecule has 0 saturated carbocycles. The fourth-order valence-corrected chi connectivity index (χ4v) is 1.91. The van der Waals surface area contributed by atoms with Gasteiger partial charge in [0, 0.05) is 19.5 Å². The number of nitrogens with one attached hydrogen (secondary N) is 1. The molecule has 5 heteroatoms. The molecule has 2 rings (SSSR count). The monoisotopic (exact) mass is 193 g/mol. The summed E-state index contributed by atoms with van der Waals surface area (Å²) in [6.45, 7) is 2.18. The highest BCUT2D eigenvalue weighted by Crippen LogP contribution is 2.27. The molecule has 14 heavy (non-hydrogen) atoms. The first kappa shape index (κ1) is 9.33. The maximum atomic E-state index is 4.16. The third-order valence-corrected chi connectivity index (χ3v) is 2.66. The minimum absolute atomic E-state index is 0.476. The van der Waals surface area contributed by atoms with E-state index in [0.29, 0.717) is 5.92 Å². The summed E-state index contributed by atoms with van der Waals surface area (Å²) in [5.41, 5.74) is 0.999. The number of likely N-dealkylation sites (N-methyl/N-ethyl adjacent to an activating group) is 1. The van der Waals surface area contributed by atoms with Crippen molar-refractivity contribution in [1.82, 2.24) is 20.1 Å². The molecule has 1 N–H and O–H groups in total. The van der Waals surface area contributed by atoms with E-state index in [-0.39, 0.29) is 0 Å². The lowest BCUT2D eigenvalue weighted by atomic mass is 10.1. The van der Waals surface area contributed by atoms with Crippen LogP contribution >= 0.6 is 0 Å². The minimum atomic E-state index is 0.476. The molecule has 1 saturated heterocycles. The number of hydrogen-bond donors (Lipinski definition) is 1. The van der Waals surface area contributed by atoms with Crippen LogP contribution in [-0.4, -0.2) is 47.3 Å². The summed E-state index contributed by atoms with van der Waals surface area (Å²) in [5.74, 6) is 1.34. The van der Waals surface area contributed by atoms with Crippen LogP contribution in [0.3, 0.4) is 0 Å². The summed E-state index contributed by atoms with van der Waals surface area (Å²) in [7, 11) is 4.00. The smallest absolute Gasteiger partial charge is 0.151 e. The van der Waals surface area contributed by atoms with Crippen molar-refractivity contribution >= 4 is 5.82 Å². The summed E-state index contributed by atoms with van der Waals surface area (Å²) >= 11 is 0. The van der Waals surface area contributed by atoms with Crippen LogP contribution < -0.4 is 5.32 Å². The lowest BCUT2D eigenvalue weighted by Gasteiger charge is -2.11. The molecule has 0 bridgehead atoms. The molecule has 1 aromatic heterocycles. The zero-order valence-corrected chi connectivity index (χ0v) is 8.56. The molecule has 0 aromatic carbocycles. The van der Waals surface area contributed by atoms with Gasteiger partial charge in [-0.05, 0) is 20.0 Å². The fraction of sp³-hybridized carbons (Fsp3) is 0.667. The van der Waals surface area contributed by atoms with Gasteiger partial charge in [0.25, 0.3) is 0 Å². The number of likely N-dealkylation sites (tertiary alicyclic amines) is 1. The van der Waals surface area contributed by atoms with Gasteiger partial charge in [0.15, 0.2) is 5.82 Å². The maximum Gasteiger partial charge on any atom is 0.151 e. The summed E-state index contributed by atoms with van der Waals surface area (Å²) in [6.07, 6.45) is 2.62. The van der Waals surface area contributed by atoms with E-state index in [9.17, 15) is 0 Å². The maximum absolute atomic E-state index is 4.16.